The number of piperidine rings is 1. The number of benzene rings is 2. The first-order valence-corrected chi connectivity index (χ1v) is 14.2. The Hall–Kier alpha value is -2.34. The van der Waals surface area contributed by atoms with Gasteiger partial charge in [-0.1, -0.05) is 35.5 Å². The molecule has 1 N–H and O–H groups in total. The van der Waals surface area contributed by atoms with Crippen molar-refractivity contribution >= 4 is 52.5 Å². The summed E-state index contributed by atoms with van der Waals surface area (Å²) < 4.78 is 51.9. The van der Waals surface area contributed by atoms with E-state index >= 15 is 0 Å². The van der Waals surface area contributed by atoms with Crippen LogP contribution in [0, 0.1) is 6.92 Å². The minimum absolute atomic E-state index is 0.163. The van der Waals surface area contributed by atoms with Crippen molar-refractivity contribution in [2.45, 2.75) is 42.0 Å². The molecule has 32 heavy (non-hydrogen) atoms. The molecule has 1 atom stereocenters. The second-order valence-corrected chi connectivity index (χ2v) is 12.8. The average molecular weight is 494 g/mol. The summed E-state index contributed by atoms with van der Waals surface area (Å²) in [6.45, 7) is 2.15. The molecule has 11 heteroatoms. The highest BCUT2D eigenvalue weighted by Gasteiger charge is 2.37. The number of aryl methyl sites for hydroxylation is 1. The lowest BCUT2D eigenvalue weighted by Crippen LogP contribution is -2.49. The number of amides is 1. The minimum atomic E-state index is -3.82. The van der Waals surface area contributed by atoms with Gasteiger partial charge in [0.1, 0.15) is 6.04 Å². The lowest BCUT2D eigenvalue weighted by molar-refractivity contribution is -0.120. The number of sulfone groups is 1. The van der Waals surface area contributed by atoms with E-state index in [1.165, 1.54) is 16.4 Å². The summed E-state index contributed by atoms with van der Waals surface area (Å²) in [5.41, 5.74) is 1.51. The summed E-state index contributed by atoms with van der Waals surface area (Å²) in [7, 11) is -7.18. The van der Waals surface area contributed by atoms with Crippen LogP contribution >= 0.6 is 11.3 Å². The summed E-state index contributed by atoms with van der Waals surface area (Å²) >= 11 is 1.15. The molecule has 2 heterocycles. The molecule has 2 aromatic carbocycles. The number of fused-ring (bicyclic) bond motifs is 1. The third kappa shape index (κ3) is 4.56. The zero-order valence-corrected chi connectivity index (χ0v) is 20.1. The Bertz CT molecular complexity index is 1380. The van der Waals surface area contributed by atoms with Crippen LogP contribution in [0.5, 0.6) is 0 Å². The standard InChI is InChI=1S/C21H23N3O5S3/c1-14-6-8-15(9-7-14)32(28,29)24-12-4-3-5-18(24)20(25)23-21-22-17-11-10-16(31(2,26)27)13-19(17)30-21/h6-11,13,18H,3-5,12H2,1-2H3,(H,22,23,25). The number of carbonyl (C=O) groups is 1. The van der Waals surface area contributed by atoms with Gasteiger partial charge in [0.15, 0.2) is 15.0 Å². The van der Waals surface area contributed by atoms with Crippen LogP contribution in [-0.2, 0) is 24.7 Å². The molecule has 1 aliphatic heterocycles. The molecule has 1 aromatic heterocycles. The SMILES string of the molecule is Cc1ccc(S(=O)(=O)N2CCCCC2C(=O)Nc2nc3ccc(S(C)(=O)=O)cc3s2)cc1. The van der Waals surface area contributed by atoms with E-state index in [4.69, 9.17) is 0 Å². The minimum Gasteiger partial charge on any atom is -0.301 e. The highest BCUT2D eigenvalue weighted by Crippen LogP contribution is 2.30. The van der Waals surface area contributed by atoms with Crippen molar-refractivity contribution in [2.75, 3.05) is 18.1 Å². The fourth-order valence-corrected chi connectivity index (χ4v) is 6.96. The first kappa shape index (κ1) is 22.8. The fraction of sp³-hybridized carbons (Fsp3) is 0.333. The molecule has 1 aliphatic rings. The Kier molecular flexibility index (Phi) is 6.10. The molecule has 0 radical (unpaired) electrons. The van der Waals surface area contributed by atoms with Gasteiger partial charge in [0.25, 0.3) is 0 Å². The third-order valence-electron chi connectivity index (χ3n) is 5.40. The van der Waals surface area contributed by atoms with Crippen molar-refractivity contribution in [2.24, 2.45) is 0 Å². The average Bonchev–Trinajstić information content (AvgIpc) is 3.15. The number of rotatable bonds is 5. The molecule has 0 saturated carbocycles. The van der Waals surface area contributed by atoms with Crippen LogP contribution in [0.25, 0.3) is 10.2 Å². The van der Waals surface area contributed by atoms with E-state index in [-0.39, 0.29) is 16.3 Å². The molecule has 3 aromatic rings. The Labute approximate surface area is 191 Å². The van der Waals surface area contributed by atoms with Gasteiger partial charge in [0.05, 0.1) is 20.0 Å². The van der Waals surface area contributed by atoms with Gasteiger partial charge >= 0.3 is 0 Å². The van der Waals surface area contributed by atoms with E-state index < -0.39 is 31.8 Å². The van der Waals surface area contributed by atoms with Gasteiger partial charge in [0.2, 0.25) is 15.9 Å². The van der Waals surface area contributed by atoms with E-state index in [2.05, 4.69) is 10.3 Å². The summed E-state index contributed by atoms with van der Waals surface area (Å²) in [5, 5.41) is 3.03. The molecular weight excluding hydrogens is 470 g/mol. The predicted octanol–water partition coefficient (Wildman–Crippen LogP) is 3.19. The predicted molar refractivity (Wildman–Crippen MR) is 124 cm³/mol. The highest BCUT2D eigenvalue weighted by atomic mass is 32.2. The van der Waals surface area contributed by atoms with Gasteiger partial charge in [0, 0.05) is 12.8 Å². The molecule has 0 bridgehead atoms. The summed E-state index contributed by atoms with van der Waals surface area (Å²) in [4.78, 5) is 17.8. The molecule has 170 valence electrons. The van der Waals surface area contributed by atoms with Crippen molar-refractivity contribution in [1.29, 1.82) is 0 Å². The number of nitrogens with one attached hydrogen (secondary N) is 1. The van der Waals surface area contributed by atoms with Crippen LogP contribution in [0.15, 0.2) is 52.3 Å². The molecule has 1 saturated heterocycles. The third-order valence-corrected chi connectivity index (χ3v) is 9.37. The van der Waals surface area contributed by atoms with Crippen LogP contribution in [0.3, 0.4) is 0 Å². The molecule has 8 nitrogen and oxygen atoms in total. The number of sulfonamides is 1. The fourth-order valence-electron chi connectivity index (χ4n) is 3.68. The van der Waals surface area contributed by atoms with Gasteiger partial charge in [-0.2, -0.15) is 4.31 Å². The lowest BCUT2D eigenvalue weighted by atomic mass is 10.0. The van der Waals surface area contributed by atoms with Gasteiger partial charge in [-0.15, -0.1) is 0 Å². The molecule has 4 rings (SSSR count). The molecule has 0 spiro atoms. The topological polar surface area (TPSA) is 114 Å². The Morgan fingerprint density at radius 2 is 1.75 bits per heavy atom. The summed E-state index contributed by atoms with van der Waals surface area (Å²) in [6.07, 6.45) is 2.98. The number of thiazole rings is 1. The summed E-state index contributed by atoms with van der Waals surface area (Å²) in [5.74, 6) is -0.442. The van der Waals surface area contributed by atoms with Crippen LogP contribution in [-0.4, -0.2) is 50.9 Å². The van der Waals surface area contributed by atoms with Crippen molar-refractivity contribution in [1.82, 2.24) is 9.29 Å². The number of aromatic nitrogens is 1. The monoisotopic (exact) mass is 493 g/mol. The number of anilines is 1. The highest BCUT2D eigenvalue weighted by molar-refractivity contribution is 7.90. The summed E-state index contributed by atoms with van der Waals surface area (Å²) in [6, 6.07) is 10.3. The first-order valence-electron chi connectivity index (χ1n) is 10.1. The van der Waals surface area contributed by atoms with Crippen LogP contribution < -0.4 is 5.32 Å². The zero-order valence-electron chi connectivity index (χ0n) is 17.6. The maximum absolute atomic E-state index is 13.2. The largest absolute Gasteiger partial charge is 0.301 e. The number of hydrogen-bond donors (Lipinski definition) is 1. The van der Waals surface area contributed by atoms with Gasteiger partial charge in [-0.25, -0.2) is 21.8 Å². The first-order chi connectivity index (χ1) is 15.1. The normalized spacial score (nSPS) is 18.0. The molecule has 1 fully saturated rings. The van der Waals surface area contributed by atoms with Crippen molar-refractivity contribution in [3.63, 3.8) is 0 Å². The molecule has 1 amide bonds. The molecule has 1 unspecified atom stereocenters. The van der Waals surface area contributed by atoms with Crippen molar-refractivity contribution < 1.29 is 21.6 Å². The van der Waals surface area contributed by atoms with Crippen molar-refractivity contribution in [3.8, 4) is 0 Å². The van der Waals surface area contributed by atoms with E-state index in [1.807, 2.05) is 6.92 Å². The van der Waals surface area contributed by atoms with E-state index in [9.17, 15) is 21.6 Å². The zero-order chi connectivity index (χ0) is 23.1. The van der Waals surface area contributed by atoms with Crippen LogP contribution in [0.1, 0.15) is 24.8 Å². The van der Waals surface area contributed by atoms with E-state index in [0.717, 1.165) is 29.6 Å². The molecular formula is C21H23N3O5S3. The lowest BCUT2D eigenvalue weighted by Gasteiger charge is -2.33. The Morgan fingerprint density at radius 1 is 1.06 bits per heavy atom. The van der Waals surface area contributed by atoms with Crippen molar-refractivity contribution in [3.05, 3.63) is 48.0 Å². The maximum atomic E-state index is 13.2. The molecule has 0 aliphatic carbocycles. The van der Waals surface area contributed by atoms with E-state index in [0.29, 0.717) is 28.2 Å². The van der Waals surface area contributed by atoms with Gasteiger partial charge < -0.3 is 5.32 Å². The van der Waals surface area contributed by atoms with Gasteiger partial charge in [-0.05, 0) is 50.1 Å². The maximum Gasteiger partial charge on any atom is 0.244 e. The Morgan fingerprint density at radius 3 is 2.44 bits per heavy atom. The van der Waals surface area contributed by atoms with Crippen LogP contribution in [0.2, 0.25) is 0 Å². The number of carbonyl (C=O) groups excluding carboxylic acids is 1. The van der Waals surface area contributed by atoms with Crippen LogP contribution in [0.4, 0.5) is 5.13 Å². The number of hydrogen-bond acceptors (Lipinski definition) is 7. The second-order valence-electron chi connectivity index (χ2n) is 7.85. The van der Waals surface area contributed by atoms with E-state index in [1.54, 1.807) is 30.3 Å². The second kappa shape index (κ2) is 8.54. The smallest absolute Gasteiger partial charge is 0.244 e. The Balaban J connectivity index is 1.59. The quantitative estimate of drug-likeness (QED) is 0.584. The van der Waals surface area contributed by atoms with Gasteiger partial charge in [-0.3, -0.25) is 4.79 Å². The number of nitrogens with zero attached hydrogens (tertiary/aromatic N) is 2.